The van der Waals surface area contributed by atoms with Gasteiger partial charge in [0, 0.05) is 24.5 Å². The fraction of sp³-hybridized carbons (Fsp3) is 1.00. The molecule has 0 aromatic carbocycles. The van der Waals surface area contributed by atoms with Crippen LogP contribution >= 0.6 is 11.9 Å². The second-order valence-electron chi connectivity index (χ2n) is 2.71. The molecule has 1 fully saturated rings. The van der Waals surface area contributed by atoms with E-state index in [1.165, 1.54) is 0 Å². The molecule has 12 heavy (non-hydrogen) atoms. The van der Waals surface area contributed by atoms with Crippen molar-refractivity contribution in [1.82, 2.24) is 10.0 Å². The normalized spacial score (nSPS) is 25.8. The van der Waals surface area contributed by atoms with E-state index in [9.17, 15) is 13.2 Å². The molecule has 0 aromatic rings. The highest BCUT2D eigenvalue weighted by atomic mass is 32.2. The predicted octanol–water partition coefficient (Wildman–Crippen LogP) is 1.50. The molecule has 0 saturated carbocycles. The van der Waals surface area contributed by atoms with Gasteiger partial charge in [0.15, 0.2) is 0 Å². The van der Waals surface area contributed by atoms with E-state index < -0.39 is 5.51 Å². The topological polar surface area (TPSA) is 24.1 Å². The van der Waals surface area contributed by atoms with Gasteiger partial charge in [-0.25, -0.2) is 0 Å². The SMILES string of the molecule is FC(F)(F)SNC1CCCNC1. The van der Waals surface area contributed by atoms with Crippen LogP contribution in [-0.2, 0) is 0 Å². The van der Waals surface area contributed by atoms with Crippen LogP contribution in [0.2, 0.25) is 0 Å². The van der Waals surface area contributed by atoms with Gasteiger partial charge < -0.3 is 5.32 Å². The van der Waals surface area contributed by atoms with E-state index >= 15 is 0 Å². The lowest BCUT2D eigenvalue weighted by Crippen LogP contribution is -2.41. The van der Waals surface area contributed by atoms with Crippen molar-refractivity contribution < 1.29 is 13.2 Å². The van der Waals surface area contributed by atoms with Crippen molar-refractivity contribution in [2.45, 2.75) is 24.4 Å². The molecule has 0 amide bonds. The molecule has 1 heterocycles. The summed E-state index contributed by atoms with van der Waals surface area (Å²) in [5.41, 5.74) is -4.17. The van der Waals surface area contributed by atoms with Crippen LogP contribution in [0.5, 0.6) is 0 Å². The zero-order chi connectivity index (χ0) is 9.03. The molecule has 0 aromatic heterocycles. The minimum atomic E-state index is -4.17. The van der Waals surface area contributed by atoms with Crippen LogP contribution in [-0.4, -0.2) is 24.6 Å². The number of halogens is 3. The molecule has 2 N–H and O–H groups in total. The number of hydrogen-bond donors (Lipinski definition) is 2. The van der Waals surface area contributed by atoms with E-state index in [2.05, 4.69) is 10.0 Å². The average Bonchev–Trinajstić information content (AvgIpc) is 2.02. The van der Waals surface area contributed by atoms with Crippen molar-refractivity contribution in [2.24, 2.45) is 0 Å². The quantitative estimate of drug-likeness (QED) is 0.660. The number of nitrogens with one attached hydrogen (secondary N) is 2. The zero-order valence-electron chi connectivity index (χ0n) is 6.45. The molecular formula is C6H11F3N2S. The minimum Gasteiger partial charge on any atom is -0.315 e. The first kappa shape index (κ1) is 10.1. The summed E-state index contributed by atoms with van der Waals surface area (Å²) in [6, 6.07) is -0.0506. The minimum absolute atomic E-state index is 0.0506. The van der Waals surface area contributed by atoms with Crippen molar-refractivity contribution in [3.63, 3.8) is 0 Å². The molecule has 1 rings (SSSR count). The second kappa shape index (κ2) is 4.34. The second-order valence-corrected chi connectivity index (χ2v) is 3.61. The molecule has 1 unspecified atom stereocenters. The predicted molar refractivity (Wildman–Crippen MR) is 42.7 cm³/mol. The first-order chi connectivity index (χ1) is 5.58. The van der Waals surface area contributed by atoms with Crippen molar-refractivity contribution in [3.05, 3.63) is 0 Å². The van der Waals surface area contributed by atoms with Gasteiger partial charge in [0.2, 0.25) is 0 Å². The summed E-state index contributed by atoms with van der Waals surface area (Å²) < 4.78 is 37.5. The molecule has 1 saturated heterocycles. The van der Waals surface area contributed by atoms with Crippen LogP contribution in [0.15, 0.2) is 0 Å². The average molecular weight is 200 g/mol. The van der Waals surface area contributed by atoms with Crippen LogP contribution in [0.1, 0.15) is 12.8 Å². The van der Waals surface area contributed by atoms with Gasteiger partial charge >= 0.3 is 5.51 Å². The molecule has 0 aliphatic carbocycles. The van der Waals surface area contributed by atoms with Gasteiger partial charge in [-0.1, -0.05) is 0 Å². The van der Waals surface area contributed by atoms with E-state index in [1.54, 1.807) is 0 Å². The Hall–Kier alpha value is 0.0600. The monoisotopic (exact) mass is 200 g/mol. The molecule has 6 heteroatoms. The smallest absolute Gasteiger partial charge is 0.315 e. The van der Waals surface area contributed by atoms with Gasteiger partial charge in [-0.05, 0) is 19.4 Å². The van der Waals surface area contributed by atoms with Crippen LogP contribution in [0.4, 0.5) is 13.2 Å². The molecule has 1 aliphatic heterocycles. The summed E-state index contributed by atoms with van der Waals surface area (Å²) in [7, 11) is 0. The summed E-state index contributed by atoms with van der Waals surface area (Å²) in [5.74, 6) is 0. The van der Waals surface area contributed by atoms with E-state index in [0.29, 0.717) is 6.54 Å². The Balaban J connectivity index is 2.13. The number of alkyl halides is 3. The Morgan fingerprint density at radius 1 is 1.42 bits per heavy atom. The highest BCUT2D eigenvalue weighted by Gasteiger charge is 2.30. The van der Waals surface area contributed by atoms with Gasteiger partial charge in [0.05, 0.1) is 0 Å². The first-order valence-electron chi connectivity index (χ1n) is 3.79. The van der Waals surface area contributed by atoms with E-state index in [-0.39, 0.29) is 18.0 Å². The van der Waals surface area contributed by atoms with Crippen molar-refractivity contribution in [1.29, 1.82) is 0 Å². The molecule has 0 spiro atoms. The van der Waals surface area contributed by atoms with E-state index in [4.69, 9.17) is 0 Å². The lowest BCUT2D eigenvalue weighted by Gasteiger charge is -2.23. The van der Waals surface area contributed by atoms with Gasteiger partial charge in [0.25, 0.3) is 0 Å². The van der Waals surface area contributed by atoms with Gasteiger partial charge in [-0.15, -0.1) is 0 Å². The lowest BCUT2D eigenvalue weighted by atomic mass is 10.1. The largest absolute Gasteiger partial charge is 0.456 e. The van der Waals surface area contributed by atoms with Crippen LogP contribution < -0.4 is 10.0 Å². The third-order valence-electron chi connectivity index (χ3n) is 1.64. The molecule has 1 atom stereocenters. The van der Waals surface area contributed by atoms with Crippen LogP contribution in [0, 0.1) is 0 Å². The number of piperidine rings is 1. The van der Waals surface area contributed by atoms with E-state index in [1.807, 2.05) is 0 Å². The highest BCUT2D eigenvalue weighted by Crippen LogP contribution is 2.28. The molecule has 0 bridgehead atoms. The summed E-state index contributed by atoms with van der Waals surface area (Å²) in [6.07, 6.45) is 1.76. The molecular weight excluding hydrogens is 189 g/mol. The summed E-state index contributed by atoms with van der Waals surface area (Å²) >= 11 is -0.150. The number of hydrogen-bond acceptors (Lipinski definition) is 3. The molecule has 2 nitrogen and oxygen atoms in total. The summed E-state index contributed by atoms with van der Waals surface area (Å²) in [6.45, 7) is 1.54. The van der Waals surface area contributed by atoms with Crippen LogP contribution in [0.3, 0.4) is 0 Å². The Labute approximate surface area is 73.4 Å². The van der Waals surface area contributed by atoms with Crippen molar-refractivity contribution in [2.75, 3.05) is 13.1 Å². The van der Waals surface area contributed by atoms with Gasteiger partial charge in [0.1, 0.15) is 0 Å². The fourth-order valence-electron chi connectivity index (χ4n) is 1.10. The van der Waals surface area contributed by atoms with Gasteiger partial charge in [-0.3, -0.25) is 4.72 Å². The molecule has 72 valence electrons. The maximum absolute atomic E-state index is 11.7. The van der Waals surface area contributed by atoms with Crippen LogP contribution in [0.25, 0.3) is 0 Å². The fourth-order valence-corrected chi connectivity index (χ4v) is 1.60. The summed E-state index contributed by atoms with van der Waals surface area (Å²) in [5, 5.41) is 3.03. The lowest BCUT2D eigenvalue weighted by molar-refractivity contribution is -0.0338. The number of rotatable bonds is 2. The standard InChI is InChI=1S/C6H11F3N2S/c7-6(8,9)12-11-5-2-1-3-10-4-5/h5,10-11H,1-4H2. The Kier molecular flexibility index (Phi) is 3.67. The first-order valence-corrected chi connectivity index (χ1v) is 4.60. The van der Waals surface area contributed by atoms with Crippen molar-refractivity contribution >= 4 is 11.9 Å². The Morgan fingerprint density at radius 2 is 2.17 bits per heavy atom. The Morgan fingerprint density at radius 3 is 2.67 bits per heavy atom. The van der Waals surface area contributed by atoms with Crippen molar-refractivity contribution in [3.8, 4) is 0 Å². The highest BCUT2D eigenvalue weighted by molar-refractivity contribution is 7.98. The zero-order valence-corrected chi connectivity index (χ0v) is 7.26. The molecule has 1 aliphatic rings. The summed E-state index contributed by atoms with van der Waals surface area (Å²) in [4.78, 5) is 0. The third-order valence-corrected chi connectivity index (χ3v) is 2.32. The maximum Gasteiger partial charge on any atom is 0.456 e. The Bertz CT molecular complexity index is 133. The van der Waals surface area contributed by atoms with Gasteiger partial charge in [-0.2, -0.15) is 13.2 Å². The third kappa shape index (κ3) is 4.18. The van der Waals surface area contributed by atoms with E-state index in [0.717, 1.165) is 19.4 Å². The molecule has 0 radical (unpaired) electrons. The maximum atomic E-state index is 11.7.